The summed E-state index contributed by atoms with van der Waals surface area (Å²) >= 11 is 0. The summed E-state index contributed by atoms with van der Waals surface area (Å²) in [4.78, 5) is 12.2. The fraction of sp³-hybridized carbons (Fsp3) is 0.190. The van der Waals surface area contributed by atoms with Gasteiger partial charge in [-0.1, -0.05) is 93.1 Å². The minimum absolute atomic E-state index is 0. The van der Waals surface area contributed by atoms with Crippen molar-refractivity contribution in [3.05, 3.63) is 139 Å². The Morgan fingerprint density at radius 2 is 1.60 bits per heavy atom. The zero-order valence-electron chi connectivity index (χ0n) is 28.4. The molecule has 0 aliphatic carbocycles. The van der Waals surface area contributed by atoms with Crippen LogP contribution in [0.2, 0.25) is 0 Å². The number of nitrogens with zero attached hydrogens (tertiary/aromatic N) is 4. The van der Waals surface area contributed by atoms with Crippen LogP contribution in [-0.4, -0.2) is 26.2 Å². The fourth-order valence-corrected chi connectivity index (χ4v) is 6.21. The number of hydrogen-bond acceptors (Lipinski definition) is 4. The first-order valence-electron chi connectivity index (χ1n) is 16.1. The van der Waals surface area contributed by atoms with Gasteiger partial charge in [-0.05, 0) is 66.8 Å². The first-order valence-corrected chi connectivity index (χ1v) is 16.1. The van der Waals surface area contributed by atoms with E-state index in [1.807, 2.05) is 54.2 Å². The summed E-state index contributed by atoms with van der Waals surface area (Å²) in [5, 5.41) is 10.6. The molecule has 0 unspecified atom stereocenters. The summed E-state index contributed by atoms with van der Waals surface area (Å²) < 4.78 is 2.04. The quantitative estimate of drug-likeness (QED) is 0.123. The number of anilines is 1. The summed E-state index contributed by atoms with van der Waals surface area (Å²) in [5.74, 6) is 0.916. The number of aryl methyl sites for hydroxylation is 1. The third-order valence-electron chi connectivity index (χ3n) is 8.81. The summed E-state index contributed by atoms with van der Waals surface area (Å²) in [7, 11) is 1.99. The number of allylic oxidation sites excluding steroid dienone is 3. The van der Waals surface area contributed by atoms with E-state index >= 15 is 0 Å². The van der Waals surface area contributed by atoms with Gasteiger partial charge in [0.1, 0.15) is 11.6 Å². The number of fused-ring (bicyclic) bond motifs is 1. The van der Waals surface area contributed by atoms with Gasteiger partial charge in [0.2, 0.25) is 0 Å². The molecule has 0 spiro atoms. The van der Waals surface area contributed by atoms with E-state index in [9.17, 15) is 5.11 Å². The molecule has 0 radical (unpaired) electrons. The van der Waals surface area contributed by atoms with Crippen LogP contribution in [0.5, 0.6) is 5.75 Å². The number of pyridine rings is 1. The van der Waals surface area contributed by atoms with E-state index in [0.717, 1.165) is 62.5 Å². The summed E-state index contributed by atoms with van der Waals surface area (Å²) in [5.41, 5.74) is 11.7. The van der Waals surface area contributed by atoms with Gasteiger partial charge in [0.15, 0.2) is 0 Å². The minimum atomic E-state index is -0.116. The Morgan fingerprint density at radius 1 is 0.917 bits per heavy atom. The van der Waals surface area contributed by atoms with E-state index in [1.54, 1.807) is 6.07 Å². The van der Waals surface area contributed by atoms with Crippen LogP contribution in [0.15, 0.2) is 122 Å². The Bertz CT molecular complexity index is 2120. The van der Waals surface area contributed by atoms with Gasteiger partial charge in [-0.2, -0.15) is 0 Å². The van der Waals surface area contributed by atoms with Crippen LogP contribution in [0.4, 0.5) is 5.69 Å². The maximum atomic E-state index is 10.6. The van der Waals surface area contributed by atoms with Crippen LogP contribution >= 0.6 is 0 Å². The predicted molar refractivity (Wildman–Crippen MR) is 196 cm³/mol. The molecule has 0 saturated heterocycles. The molecule has 0 aliphatic heterocycles. The number of benzene rings is 4. The van der Waals surface area contributed by atoms with Crippen molar-refractivity contribution in [1.82, 2.24) is 14.5 Å². The maximum Gasteiger partial charge on any atom is 0.143 e. The van der Waals surface area contributed by atoms with E-state index in [-0.39, 0.29) is 32.2 Å². The maximum absolute atomic E-state index is 10.6. The second-order valence-corrected chi connectivity index (χ2v) is 12.8. The summed E-state index contributed by atoms with van der Waals surface area (Å²) in [6, 6.07) is 36.3. The van der Waals surface area contributed by atoms with Gasteiger partial charge >= 0.3 is 0 Å². The zero-order valence-corrected chi connectivity index (χ0v) is 30.6. The van der Waals surface area contributed by atoms with Gasteiger partial charge in [0.05, 0.1) is 16.6 Å². The minimum Gasteiger partial charge on any atom is -0.507 e. The van der Waals surface area contributed by atoms with Gasteiger partial charge in [0, 0.05) is 57.9 Å². The van der Waals surface area contributed by atoms with Crippen molar-refractivity contribution < 1.29 is 26.2 Å². The van der Waals surface area contributed by atoms with Crippen LogP contribution in [-0.2, 0) is 33.5 Å². The Labute approximate surface area is 298 Å². The largest absolute Gasteiger partial charge is 0.507 e. The van der Waals surface area contributed by atoms with Gasteiger partial charge < -0.3 is 14.6 Å². The van der Waals surface area contributed by atoms with E-state index < -0.39 is 0 Å². The van der Waals surface area contributed by atoms with Gasteiger partial charge in [0.25, 0.3) is 0 Å². The predicted octanol–water partition coefficient (Wildman–Crippen LogP) is 10.2. The third kappa shape index (κ3) is 6.66. The van der Waals surface area contributed by atoms with Crippen molar-refractivity contribution in [1.29, 1.82) is 0 Å². The molecule has 0 bridgehead atoms. The Kier molecular flexibility index (Phi) is 10.2. The molecule has 2 heterocycles. The van der Waals surface area contributed by atoms with E-state index in [2.05, 4.69) is 113 Å². The molecule has 0 amide bonds. The van der Waals surface area contributed by atoms with Crippen molar-refractivity contribution in [2.24, 2.45) is 7.05 Å². The molecule has 6 heteroatoms. The SMILES string of the molecule is C=C/C(=C(\C)N(CC)c1ccccc1)c1ccnc(-c2[c-]c(-c3cccc4c3nc(-c3ccccc3O)n4C)cc(C(C)(C)C)c2)c1.[Pt]. The molecule has 246 valence electrons. The van der Waals surface area contributed by atoms with Crippen molar-refractivity contribution in [2.45, 2.75) is 40.0 Å². The number of phenols is 1. The van der Waals surface area contributed by atoms with Crippen molar-refractivity contribution in [2.75, 3.05) is 11.4 Å². The molecule has 1 N–H and O–H groups in total. The molecule has 0 fully saturated rings. The van der Waals surface area contributed by atoms with Gasteiger partial charge in [-0.25, -0.2) is 4.98 Å². The molecule has 4 aromatic carbocycles. The number of para-hydroxylation sites is 3. The number of aromatic hydroxyl groups is 1. The second-order valence-electron chi connectivity index (χ2n) is 12.8. The number of aromatic nitrogens is 3. The number of phenolic OH excluding ortho intramolecular Hbond substituents is 1. The molecular formula is C42H41N4OPt-. The molecule has 2 aromatic heterocycles. The van der Waals surface area contributed by atoms with E-state index in [0.29, 0.717) is 11.4 Å². The smallest absolute Gasteiger partial charge is 0.143 e. The Balaban J connectivity index is 0.00000451. The molecule has 0 atom stereocenters. The summed E-state index contributed by atoms with van der Waals surface area (Å²) in [6.45, 7) is 16.0. The summed E-state index contributed by atoms with van der Waals surface area (Å²) in [6.07, 6.45) is 3.81. The first-order chi connectivity index (χ1) is 22.6. The standard InChI is InChI=1S/C42H41N4O.Pt/c1-8-34(28(3)46(9-2)33-16-11-10-12-17-33)29-22-23-43-37(27-29)31-24-30(25-32(26-31)42(4,5)6)35-19-15-20-38-40(35)44-41(45(38)7)36-18-13-14-21-39(36)47;/h8,10-23,25-27,47H,1,9H2,2-7H3;/q-1;/b34-28-;. The average Bonchev–Trinajstić information content (AvgIpc) is 3.41. The molecule has 5 nitrogen and oxygen atoms in total. The van der Waals surface area contributed by atoms with Crippen LogP contribution in [0.25, 0.3) is 50.4 Å². The average molecular weight is 813 g/mol. The van der Waals surface area contributed by atoms with Crippen LogP contribution < -0.4 is 4.90 Å². The molecule has 0 saturated carbocycles. The van der Waals surface area contributed by atoms with Crippen LogP contribution in [0.3, 0.4) is 0 Å². The number of imidazole rings is 1. The van der Waals surface area contributed by atoms with Crippen molar-refractivity contribution in [3.63, 3.8) is 0 Å². The monoisotopic (exact) mass is 812 g/mol. The zero-order chi connectivity index (χ0) is 33.3. The molecule has 6 rings (SSSR count). The topological polar surface area (TPSA) is 54.2 Å². The third-order valence-corrected chi connectivity index (χ3v) is 8.81. The second kappa shape index (κ2) is 14.2. The Morgan fingerprint density at radius 3 is 2.29 bits per heavy atom. The molecule has 0 aliphatic rings. The van der Waals surface area contributed by atoms with Crippen molar-refractivity contribution >= 4 is 22.3 Å². The number of rotatable bonds is 8. The first kappa shape index (κ1) is 34.6. The fourth-order valence-electron chi connectivity index (χ4n) is 6.21. The Hall–Kier alpha value is -4.73. The number of hydrogen-bond donors (Lipinski definition) is 1. The molecular weight excluding hydrogens is 772 g/mol. The van der Waals surface area contributed by atoms with Gasteiger partial charge in [-0.3, -0.25) is 4.98 Å². The van der Waals surface area contributed by atoms with E-state index in [1.165, 1.54) is 5.56 Å². The van der Waals surface area contributed by atoms with Crippen LogP contribution in [0, 0.1) is 6.07 Å². The molecule has 6 aromatic rings. The normalized spacial score (nSPS) is 12.0. The van der Waals surface area contributed by atoms with E-state index in [4.69, 9.17) is 9.97 Å². The van der Waals surface area contributed by atoms with Crippen molar-refractivity contribution in [3.8, 4) is 39.5 Å². The molecule has 48 heavy (non-hydrogen) atoms. The van der Waals surface area contributed by atoms with Crippen LogP contribution in [0.1, 0.15) is 45.7 Å². The van der Waals surface area contributed by atoms with Gasteiger partial charge in [-0.15, -0.1) is 29.3 Å².